The largest absolute Gasteiger partial charge is 0.336 e. The van der Waals surface area contributed by atoms with Gasteiger partial charge in [0.15, 0.2) is 0 Å². The predicted octanol–water partition coefficient (Wildman–Crippen LogP) is 3.03. The molecule has 3 amide bonds. The lowest BCUT2D eigenvalue weighted by Crippen LogP contribution is -2.27. The molecular weight excluding hydrogens is 290 g/mol. The summed E-state index contributed by atoms with van der Waals surface area (Å²) in [5, 5.41) is 5.63. The van der Waals surface area contributed by atoms with Gasteiger partial charge in [0, 0.05) is 30.0 Å². The summed E-state index contributed by atoms with van der Waals surface area (Å²) >= 11 is 0. The Morgan fingerprint density at radius 2 is 1.83 bits per heavy atom. The predicted molar refractivity (Wildman–Crippen MR) is 91.0 cm³/mol. The molecule has 1 heterocycles. The Labute approximate surface area is 135 Å². The molecule has 5 nitrogen and oxygen atoms in total. The molecule has 0 saturated carbocycles. The summed E-state index contributed by atoms with van der Waals surface area (Å²) in [7, 11) is 0. The Bertz CT molecular complexity index is 708. The molecule has 3 rings (SSSR count). The third-order valence-electron chi connectivity index (χ3n) is 3.92. The molecule has 2 aromatic carbocycles. The SMILES string of the molecule is CCc1ccc(NC(=O)c2ccc(N3CCNC3=O)cc2)cc1. The van der Waals surface area contributed by atoms with Crippen LogP contribution in [0.1, 0.15) is 22.8 Å². The van der Waals surface area contributed by atoms with E-state index in [1.54, 1.807) is 29.2 Å². The molecule has 0 radical (unpaired) electrons. The number of benzene rings is 2. The summed E-state index contributed by atoms with van der Waals surface area (Å²) in [6.07, 6.45) is 0.972. The first kappa shape index (κ1) is 15.1. The van der Waals surface area contributed by atoms with Crippen LogP contribution >= 0.6 is 0 Å². The maximum absolute atomic E-state index is 12.3. The van der Waals surface area contributed by atoms with E-state index in [4.69, 9.17) is 0 Å². The van der Waals surface area contributed by atoms with Crippen molar-refractivity contribution in [2.45, 2.75) is 13.3 Å². The number of nitrogens with one attached hydrogen (secondary N) is 2. The zero-order valence-electron chi connectivity index (χ0n) is 13.0. The molecular formula is C18H19N3O2. The smallest absolute Gasteiger partial charge is 0.321 e. The number of anilines is 2. The summed E-state index contributed by atoms with van der Waals surface area (Å²) in [5.41, 5.74) is 3.36. The molecule has 1 fully saturated rings. The number of urea groups is 1. The standard InChI is InChI=1S/C18H19N3O2/c1-2-13-3-7-15(8-4-13)20-17(22)14-5-9-16(10-6-14)21-12-11-19-18(21)23/h3-10H,2,11-12H2,1H3,(H,19,23)(H,20,22). The number of aryl methyl sites for hydroxylation is 1. The summed E-state index contributed by atoms with van der Waals surface area (Å²) in [4.78, 5) is 25.5. The van der Waals surface area contributed by atoms with Crippen LogP contribution in [0, 0.1) is 0 Å². The number of nitrogens with zero attached hydrogens (tertiary/aromatic N) is 1. The first-order valence-electron chi connectivity index (χ1n) is 7.73. The van der Waals surface area contributed by atoms with Gasteiger partial charge in [-0.3, -0.25) is 9.69 Å². The molecule has 2 aromatic rings. The molecule has 0 aliphatic carbocycles. The molecule has 0 atom stereocenters. The minimum absolute atomic E-state index is 0.0989. The van der Waals surface area contributed by atoms with Gasteiger partial charge in [-0.25, -0.2) is 4.79 Å². The highest BCUT2D eigenvalue weighted by Gasteiger charge is 2.21. The van der Waals surface area contributed by atoms with Crippen LogP contribution in [0.25, 0.3) is 0 Å². The van der Waals surface area contributed by atoms with Crippen molar-refractivity contribution in [1.82, 2.24) is 5.32 Å². The van der Waals surface area contributed by atoms with Gasteiger partial charge in [0.1, 0.15) is 0 Å². The number of amides is 3. The van der Waals surface area contributed by atoms with Crippen LogP contribution in [0.2, 0.25) is 0 Å². The van der Waals surface area contributed by atoms with Gasteiger partial charge >= 0.3 is 6.03 Å². The van der Waals surface area contributed by atoms with E-state index in [9.17, 15) is 9.59 Å². The molecule has 1 aliphatic heterocycles. The number of carbonyl (C=O) groups is 2. The summed E-state index contributed by atoms with van der Waals surface area (Å²) in [6.45, 7) is 3.39. The van der Waals surface area contributed by atoms with Crippen molar-refractivity contribution in [2.24, 2.45) is 0 Å². The Hall–Kier alpha value is -2.82. The second-order valence-corrected chi connectivity index (χ2v) is 5.44. The van der Waals surface area contributed by atoms with Crippen molar-refractivity contribution in [3.63, 3.8) is 0 Å². The van der Waals surface area contributed by atoms with Gasteiger partial charge in [0.2, 0.25) is 0 Å². The van der Waals surface area contributed by atoms with E-state index in [2.05, 4.69) is 17.6 Å². The van der Waals surface area contributed by atoms with E-state index < -0.39 is 0 Å². The molecule has 0 spiro atoms. The maximum Gasteiger partial charge on any atom is 0.321 e. The molecule has 0 aromatic heterocycles. The minimum Gasteiger partial charge on any atom is -0.336 e. The van der Waals surface area contributed by atoms with Crippen LogP contribution in [0.4, 0.5) is 16.2 Å². The van der Waals surface area contributed by atoms with Gasteiger partial charge in [0.25, 0.3) is 5.91 Å². The van der Waals surface area contributed by atoms with E-state index >= 15 is 0 Å². The number of hydrogen-bond donors (Lipinski definition) is 2. The molecule has 118 valence electrons. The monoisotopic (exact) mass is 309 g/mol. The third-order valence-corrected chi connectivity index (χ3v) is 3.92. The van der Waals surface area contributed by atoms with Gasteiger partial charge in [-0.05, 0) is 48.4 Å². The van der Waals surface area contributed by atoms with Gasteiger partial charge in [0.05, 0.1) is 0 Å². The van der Waals surface area contributed by atoms with E-state index in [0.717, 1.165) is 17.8 Å². The zero-order chi connectivity index (χ0) is 16.2. The molecule has 0 unspecified atom stereocenters. The Morgan fingerprint density at radius 3 is 2.39 bits per heavy atom. The highest BCUT2D eigenvalue weighted by atomic mass is 16.2. The Morgan fingerprint density at radius 1 is 1.13 bits per heavy atom. The second-order valence-electron chi connectivity index (χ2n) is 5.44. The molecule has 0 bridgehead atoms. The van der Waals surface area contributed by atoms with Gasteiger partial charge in [-0.2, -0.15) is 0 Å². The lowest BCUT2D eigenvalue weighted by atomic mass is 10.1. The highest BCUT2D eigenvalue weighted by molar-refractivity contribution is 6.04. The molecule has 1 saturated heterocycles. The van der Waals surface area contributed by atoms with Crippen molar-refractivity contribution < 1.29 is 9.59 Å². The zero-order valence-corrected chi connectivity index (χ0v) is 13.0. The van der Waals surface area contributed by atoms with E-state index in [1.165, 1.54) is 5.56 Å². The fraction of sp³-hybridized carbons (Fsp3) is 0.222. The van der Waals surface area contributed by atoms with Crippen molar-refractivity contribution in [1.29, 1.82) is 0 Å². The fourth-order valence-electron chi connectivity index (χ4n) is 2.54. The van der Waals surface area contributed by atoms with Crippen molar-refractivity contribution in [2.75, 3.05) is 23.3 Å². The number of carbonyl (C=O) groups excluding carboxylic acids is 2. The first-order chi connectivity index (χ1) is 11.2. The lowest BCUT2D eigenvalue weighted by Gasteiger charge is -2.14. The summed E-state index contributed by atoms with van der Waals surface area (Å²) in [5.74, 6) is -0.160. The van der Waals surface area contributed by atoms with E-state index in [-0.39, 0.29) is 11.9 Å². The first-order valence-corrected chi connectivity index (χ1v) is 7.73. The van der Waals surface area contributed by atoms with Gasteiger partial charge < -0.3 is 10.6 Å². The second kappa shape index (κ2) is 6.52. The fourth-order valence-corrected chi connectivity index (χ4v) is 2.54. The normalized spacial score (nSPS) is 13.8. The van der Waals surface area contributed by atoms with Crippen LogP contribution in [-0.4, -0.2) is 25.0 Å². The topological polar surface area (TPSA) is 61.4 Å². The molecule has 5 heteroatoms. The Balaban J connectivity index is 1.68. The van der Waals surface area contributed by atoms with Crippen LogP contribution in [0.3, 0.4) is 0 Å². The quantitative estimate of drug-likeness (QED) is 0.912. The van der Waals surface area contributed by atoms with Crippen LogP contribution < -0.4 is 15.5 Å². The summed E-state index contributed by atoms with van der Waals surface area (Å²) in [6, 6.07) is 14.8. The van der Waals surface area contributed by atoms with Crippen LogP contribution in [0.15, 0.2) is 48.5 Å². The van der Waals surface area contributed by atoms with Gasteiger partial charge in [-0.1, -0.05) is 19.1 Å². The molecule has 1 aliphatic rings. The van der Waals surface area contributed by atoms with E-state index in [0.29, 0.717) is 18.7 Å². The maximum atomic E-state index is 12.3. The molecule has 2 N–H and O–H groups in total. The number of hydrogen-bond acceptors (Lipinski definition) is 2. The van der Waals surface area contributed by atoms with E-state index in [1.807, 2.05) is 24.3 Å². The van der Waals surface area contributed by atoms with Crippen LogP contribution in [-0.2, 0) is 6.42 Å². The van der Waals surface area contributed by atoms with Crippen molar-refractivity contribution >= 4 is 23.3 Å². The minimum atomic E-state index is -0.160. The van der Waals surface area contributed by atoms with Crippen molar-refractivity contribution in [3.05, 3.63) is 59.7 Å². The van der Waals surface area contributed by atoms with Crippen molar-refractivity contribution in [3.8, 4) is 0 Å². The van der Waals surface area contributed by atoms with Gasteiger partial charge in [-0.15, -0.1) is 0 Å². The summed E-state index contributed by atoms with van der Waals surface area (Å²) < 4.78 is 0. The highest BCUT2D eigenvalue weighted by Crippen LogP contribution is 2.18. The average molecular weight is 309 g/mol. The Kier molecular flexibility index (Phi) is 4.28. The average Bonchev–Trinajstić information content (AvgIpc) is 3.02. The third kappa shape index (κ3) is 3.34. The number of rotatable bonds is 4. The van der Waals surface area contributed by atoms with Crippen LogP contribution in [0.5, 0.6) is 0 Å². The lowest BCUT2D eigenvalue weighted by molar-refractivity contribution is 0.102. The molecule has 23 heavy (non-hydrogen) atoms.